The third kappa shape index (κ3) is 4.16. The number of fused-ring (bicyclic) bond motifs is 1. The van der Waals surface area contributed by atoms with Crippen LogP contribution in [0.4, 0.5) is 4.39 Å². The largest absolute Gasteiger partial charge is 0.339 e. The van der Waals surface area contributed by atoms with Gasteiger partial charge in [-0.05, 0) is 24.3 Å². The number of piperazine rings is 1. The van der Waals surface area contributed by atoms with Crippen LogP contribution in [0, 0.1) is 5.82 Å². The number of carbonyl (C=O) groups excluding carboxylic acids is 2. The quantitative estimate of drug-likeness (QED) is 0.623. The molecule has 0 unspecified atom stereocenters. The third-order valence-electron chi connectivity index (χ3n) is 5.43. The molecule has 2 amide bonds. The zero-order valence-electron chi connectivity index (χ0n) is 16.8. The number of benzene rings is 2. The Morgan fingerprint density at radius 3 is 2.35 bits per heavy atom. The maximum absolute atomic E-state index is 13.2. The monoisotopic (exact) mass is 442 g/mol. The molecule has 1 saturated heterocycles. The molecule has 0 radical (unpaired) electrons. The summed E-state index contributed by atoms with van der Waals surface area (Å²) in [4.78, 5) is 41.1. The fourth-order valence-corrected chi connectivity index (χ4v) is 4.00. The molecule has 1 aliphatic rings. The molecular weight excluding hydrogens is 423 g/mol. The summed E-state index contributed by atoms with van der Waals surface area (Å²) in [5, 5.41) is 5.54. The van der Waals surface area contributed by atoms with Crippen molar-refractivity contribution >= 4 is 34.2 Å². The van der Waals surface area contributed by atoms with E-state index in [2.05, 4.69) is 5.10 Å². The molecule has 1 aliphatic heterocycles. The first kappa shape index (κ1) is 21.0. The molecule has 2 heterocycles. The zero-order chi connectivity index (χ0) is 22.1. The van der Waals surface area contributed by atoms with Crippen LogP contribution in [-0.4, -0.2) is 57.6 Å². The van der Waals surface area contributed by atoms with Gasteiger partial charge in [0, 0.05) is 38.6 Å². The number of amides is 2. The van der Waals surface area contributed by atoms with E-state index in [4.69, 9.17) is 11.6 Å². The molecule has 0 N–H and O–H groups in total. The number of nitrogens with zero attached hydrogens (tertiary/aromatic N) is 4. The molecule has 0 spiro atoms. The average Bonchev–Trinajstić information content (AvgIpc) is 2.77. The van der Waals surface area contributed by atoms with Gasteiger partial charge in [0.2, 0.25) is 5.91 Å². The van der Waals surface area contributed by atoms with Gasteiger partial charge in [-0.15, -0.1) is 0 Å². The molecule has 2 aromatic carbocycles. The molecule has 0 atom stereocenters. The Bertz CT molecular complexity index is 1240. The van der Waals surface area contributed by atoms with E-state index in [9.17, 15) is 18.8 Å². The van der Waals surface area contributed by atoms with Gasteiger partial charge < -0.3 is 9.80 Å². The van der Waals surface area contributed by atoms with Crippen LogP contribution in [0.1, 0.15) is 16.1 Å². The summed E-state index contributed by atoms with van der Waals surface area (Å²) in [6, 6.07) is 10.8. The predicted molar refractivity (Wildman–Crippen MR) is 115 cm³/mol. The van der Waals surface area contributed by atoms with Gasteiger partial charge in [-0.3, -0.25) is 14.4 Å². The number of hydrogen-bond donors (Lipinski definition) is 0. The number of carbonyl (C=O) groups is 2. The molecular formula is C22H20ClFN4O3. The van der Waals surface area contributed by atoms with Crippen molar-refractivity contribution in [3.8, 4) is 0 Å². The number of hydrogen-bond acceptors (Lipinski definition) is 4. The average molecular weight is 443 g/mol. The Balaban J connectivity index is 1.45. The molecule has 0 aliphatic carbocycles. The van der Waals surface area contributed by atoms with Gasteiger partial charge in [-0.1, -0.05) is 29.8 Å². The summed E-state index contributed by atoms with van der Waals surface area (Å²) in [7, 11) is 1.56. The molecule has 0 saturated carbocycles. The first-order valence-electron chi connectivity index (χ1n) is 9.82. The molecule has 3 aromatic rings. The summed E-state index contributed by atoms with van der Waals surface area (Å²) in [5.74, 6) is -0.914. The fraction of sp³-hybridized carbons (Fsp3) is 0.273. The maximum atomic E-state index is 13.2. The normalized spacial score (nSPS) is 14.2. The van der Waals surface area contributed by atoms with Crippen molar-refractivity contribution in [2.24, 2.45) is 7.05 Å². The van der Waals surface area contributed by atoms with E-state index in [0.717, 1.165) is 6.07 Å². The van der Waals surface area contributed by atoms with Crippen molar-refractivity contribution in [3.05, 3.63) is 74.9 Å². The van der Waals surface area contributed by atoms with E-state index >= 15 is 0 Å². The second-order valence-corrected chi connectivity index (χ2v) is 7.80. The van der Waals surface area contributed by atoms with Gasteiger partial charge in [-0.25, -0.2) is 9.07 Å². The van der Waals surface area contributed by atoms with Crippen LogP contribution >= 0.6 is 11.6 Å². The highest BCUT2D eigenvalue weighted by molar-refractivity contribution is 6.33. The van der Waals surface area contributed by atoms with Crippen LogP contribution in [-0.2, 0) is 18.3 Å². The van der Waals surface area contributed by atoms with E-state index in [1.165, 1.54) is 16.8 Å². The molecule has 0 bridgehead atoms. The van der Waals surface area contributed by atoms with Crippen LogP contribution in [0.5, 0.6) is 0 Å². The smallest absolute Gasteiger partial charge is 0.274 e. The molecule has 1 aromatic heterocycles. The molecule has 1 fully saturated rings. The Morgan fingerprint density at radius 2 is 1.68 bits per heavy atom. The van der Waals surface area contributed by atoms with Crippen molar-refractivity contribution in [3.63, 3.8) is 0 Å². The van der Waals surface area contributed by atoms with Crippen LogP contribution in [0.3, 0.4) is 0 Å². The maximum Gasteiger partial charge on any atom is 0.274 e. The van der Waals surface area contributed by atoms with Crippen molar-refractivity contribution in [1.82, 2.24) is 19.6 Å². The fourth-order valence-electron chi connectivity index (χ4n) is 3.75. The van der Waals surface area contributed by atoms with Gasteiger partial charge in [0.25, 0.3) is 11.5 Å². The van der Waals surface area contributed by atoms with E-state index in [1.807, 2.05) is 6.07 Å². The Labute approximate surface area is 182 Å². The number of rotatable bonds is 3. The summed E-state index contributed by atoms with van der Waals surface area (Å²) in [5.41, 5.74) is 0.571. The lowest BCUT2D eigenvalue weighted by atomic mass is 10.1. The summed E-state index contributed by atoms with van der Waals surface area (Å²) < 4.78 is 14.5. The Hall–Kier alpha value is -3.26. The summed E-state index contributed by atoms with van der Waals surface area (Å²) in [6.45, 7) is 1.43. The highest BCUT2D eigenvalue weighted by atomic mass is 35.5. The molecule has 4 rings (SSSR count). The van der Waals surface area contributed by atoms with Crippen LogP contribution in [0.2, 0.25) is 5.02 Å². The predicted octanol–water partition coefficient (Wildman–Crippen LogP) is 2.25. The minimum absolute atomic E-state index is 0.0619. The minimum atomic E-state index is -0.503. The molecule has 7 nitrogen and oxygen atoms in total. The SMILES string of the molecule is Cn1nc(CC(=O)N2CCN(C(=O)c3ccc(F)cc3Cl)CC2)c2ccccc2c1=O. The molecule has 9 heteroatoms. The lowest BCUT2D eigenvalue weighted by Crippen LogP contribution is -2.51. The molecule has 31 heavy (non-hydrogen) atoms. The standard InChI is InChI=1S/C22H20ClFN4O3/c1-26-21(30)16-5-3-2-4-15(16)19(25-26)13-20(29)27-8-10-28(11-9-27)22(31)17-7-6-14(24)12-18(17)23/h2-7,12H,8-11,13H2,1H3. The van der Waals surface area contributed by atoms with Gasteiger partial charge >= 0.3 is 0 Å². The van der Waals surface area contributed by atoms with Crippen LogP contribution in [0.25, 0.3) is 10.8 Å². The lowest BCUT2D eigenvalue weighted by molar-refractivity contribution is -0.132. The van der Waals surface area contributed by atoms with E-state index in [0.29, 0.717) is 42.6 Å². The van der Waals surface area contributed by atoms with Gasteiger partial charge in [-0.2, -0.15) is 5.10 Å². The van der Waals surface area contributed by atoms with Gasteiger partial charge in [0.15, 0.2) is 0 Å². The first-order valence-corrected chi connectivity index (χ1v) is 10.2. The van der Waals surface area contributed by atoms with Crippen LogP contribution in [0.15, 0.2) is 47.3 Å². The topological polar surface area (TPSA) is 75.5 Å². The Kier molecular flexibility index (Phi) is 5.73. The second kappa shape index (κ2) is 8.47. The van der Waals surface area contributed by atoms with Crippen molar-refractivity contribution in [1.29, 1.82) is 0 Å². The zero-order valence-corrected chi connectivity index (χ0v) is 17.6. The number of aryl methyl sites for hydroxylation is 1. The Morgan fingerprint density at radius 1 is 1.03 bits per heavy atom. The summed E-state index contributed by atoms with van der Waals surface area (Å²) in [6.07, 6.45) is 0.0619. The molecule has 160 valence electrons. The van der Waals surface area contributed by atoms with Crippen molar-refractivity contribution < 1.29 is 14.0 Å². The minimum Gasteiger partial charge on any atom is -0.339 e. The van der Waals surface area contributed by atoms with Crippen LogP contribution < -0.4 is 5.56 Å². The highest BCUT2D eigenvalue weighted by Crippen LogP contribution is 2.20. The van der Waals surface area contributed by atoms with Gasteiger partial charge in [0.05, 0.1) is 28.1 Å². The van der Waals surface area contributed by atoms with E-state index in [-0.39, 0.29) is 34.4 Å². The van der Waals surface area contributed by atoms with Crippen molar-refractivity contribution in [2.75, 3.05) is 26.2 Å². The summed E-state index contributed by atoms with van der Waals surface area (Å²) >= 11 is 6.00. The third-order valence-corrected chi connectivity index (χ3v) is 5.75. The van der Waals surface area contributed by atoms with E-state index < -0.39 is 5.82 Å². The first-order chi connectivity index (χ1) is 14.8. The second-order valence-electron chi connectivity index (χ2n) is 7.39. The number of halogens is 2. The van der Waals surface area contributed by atoms with E-state index in [1.54, 1.807) is 35.0 Å². The highest BCUT2D eigenvalue weighted by Gasteiger charge is 2.26. The lowest BCUT2D eigenvalue weighted by Gasteiger charge is -2.35. The van der Waals surface area contributed by atoms with Gasteiger partial charge in [0.1, 0.15) is 5.82 Å². The number of aromatic nitrogens is 2. The van der Waals surface area contributed by atoms with Crippen molar-refractivity contribution in [2.45, 2.75) is 6.42 Å².